The molecule has 6 heteroatoms. The minimum Gasteiger partial charge on any atom is -0.342 e. The van der Waals surface area contributed by atoms with Crippen LogP contribution >= 0.6 is 0 Å². The Hall–Kier alpha value is -1.95. The van der Waals surface area contributed by atoms with Crippen LogP contribution in [0.25, 0.3) is 0 Å². The molecule has 3 aliphatic rings. The number of rotatable bonds is 3. The SMILES string of the molecule is O=C(Cc1cccc(F)c1)N1CC[C@@]2(CCC[C@H]2C(=O)N2CCCCO2)C1. The van der Waals surface area contributed by atoms with Gasteiger partial charge in [-0.25, -0.2) is 9.45 Å². The number of carbonyl (C=O) groups excluding carboxylic acids is 2. The molecule has 0 bridgehead atoms. The number of carbonyl (C=O) groups is 2. The molecule has 2 heterocycles. The Balaban J connectivity index is 1.42. The Kier molecular flexibility index (Phi) is 5.17. The first-order chi connectivity index (χ1) is 13.1. The molecule has 0 radical (unpaired) electrons. The quantitative estimate of drug-likeness (QED) is 0.817. The van der Waals surface area contributed by atoms with E-state index in [1.807, 2.05) is 4.90 Å². The summed E-state index contributed by atoms with van der Waals surface area (Å²) in [6.07, 6.45) is 5.96. The third-order valence-corrected chi connectivity index (χ3v) is 6.44. The largest absolute Gasteiger partial charge is 0.342 e. The first kappa shape index (κ1) is 18.4. The lowest BCUT2D eigenvalue weighted by Crippen LogP contribution is -2.45. The van der Waals surface area contributed by atoms with Crippen LogP contribution in [-0.4, -0.2) is 48.0 Å². The van der Waals surface area contributed by atoms with Crippen LogP contribution in [0.2, 0.25) is 0 Å². The van der Waals surface area contributed by atoms with Gasteiger partial charge in [0.25, 0.3) is 0 Å². The highest BCUT2D eigenvalue weighted by Crippen LogP contribution is 2.50. The van der Waals surface area contributed by atoms with Crippen LogP contribution in [0.5, 0.6) is 0 Å². The maximum Gasteiger partial charge on any atom is 0.249 e. The van der Waals surface area contributed by atoms with E-state index in [1.165, 1.54) is 12.1 Å². The summed E-state index contributed by atoms with van der Waals surface area (Å²) in [5.41, 5.74) is 0.580. The molecule has 27 heavy (non-hydrogen) atoms. The molecule has 0 aromatic heterocycles. The van der Waals surface area contributed by atoms with Crippen LogP contribution in [0.3, 0.4) is 0 Å². The number of halogens is 1. The summed E-state index contributed by atoms with van der Waals surface area (Å²) in [6.45, 7) is 2.60. The van der Waals surface area contributed by atoms with Crippen LogP contribution in [0, 0.1) is 17.2 Å². The van der Waals surface area contributed by atoms with Crippen LogP contribution in [-0.2, 0) is 20.8 Å². The first-order valence-corrected chi connectivity index (χ1v) is 10.0. The number of hydrogen-bond donors (Lipinski definition) is 0. The second kappa shape index (κ2) is 7.58. The summed E-state index contributed by atoms with van der Waals surface area (Å²) in [5, 5.41) is 1.57. The van der Waals surface area contributed by atoms with Crippen LogP contribution in [0.4, 0.5) is 4.39 Å². The molecule has 2 atom stereocenters. The molecule has 146 valence electrons. The van der Waals surface area contributed by atoms with Gasteiger partial charge in [-0.05, 0) is 49.8 Å². The summed E-state index contributed by atoms with van der Waals surface area (Å²) in [4.78, 5) is 33.2. The van der Waals surface area contributed by atoms with Gasteiger partial charge in [-0.1, -0.05) is 18.6 Å². The lowest BCUT2D eigenvalue weighted by Gasteiger charge is -2.35. The second-order valence-corrected chi connectivity index (χ2v) is 8.16. The number of nitrogens with zero attached hydrogens (tertiary/aromatic N) is 2. The Bertz CT molecular complexity index is 719. The van der Waals surface area contributed by atoms with Crippen molar-refractivity contribution < 1.29 is 18.8 Å². The minimum absolute atomic E-state index is 0.0183. The maximum absolute atomic E-state index is 13.4. The number of likely N-dealkylation sites (tertiary alicyclic amines) is 1. The fraction of sp³-hybridized carbons (Fsp3) is 0.619. The fourth-order valence-electron chi connectivity index (χ4n) is 5.00. The van der Waals surface area contributed by atoms with E-state index in [2.05, 4.69) is 0 Å². The van der Waals surface area contributed by atoms with Gasteiger partial charge in [-0.15, -0.1) is 0 Å². The zero-order chi connectivity index (χ0) is 18.9. The zero-order valence-electron chi connectivity index (χ0n) is 15.7. The topological polar surface area (TPSA) is 49.9 Å². The van der Waals surface area contributed by atoms with Crippen molar-refractivity contribution in [1.82, 2.24) is 9.96 Å². The Labute approximate surface area is 159 Å². The van der Waals surface area contributed by atoms with Crippen molar-refractivity contribution in [2.45, 2.75) is 44.9 Å². The van der Waals surface area contributed by atoms with Gasteiger partial charge >= 0.3 is 0 Å². The van der Waals surface area contributed by atoms with Crippen LogP contribution in [0.1, 0.15) is 44.1 Å². The monoisotopic (exact) mass is 374 g/mol. The van der Waals surface area contributed by atoms with Gasteiger partial charge in [-0.3, -0.25) is 14.4 Å². The Morgan fingerprint density at radius 3 is 2.85 bits per heavy atom. The van der Waals surface area contributed by atoms with Gasteiger partial charge in [0.05, 0.1) is 13.0 Å². The van der Waals surface area contributed by atoms with E-state index in [0.29, 0.717) is 31.8 Å². The van der Waals surface area contributed by atoms with Crippen molar-refractivity contribution in [2.75, 3.05) is 26.2 Å². The number of hydrogen-bond acceptors (Lipinski definition) is 3. The predicted molar refractivity (Wildman–Crippen MR) is 98.0 cm³/mol. The van der Waals surface area contributed by atoms with Crippen molar-refractivity contribution in [2.24, 2.45) is 11.3 Å². The maximum atomic E-state index is 13.4. The minimum atomic E-state index is -0.318. The smallest absolute Gasteiger partial charge is 0.249 e. The highest BCUT2D eigenvalue weighted by Gasteiger charge is 2.52. The van der Waals surface area contributed by atoms with E-state index in [9.17, 15) is 14.0 Å². The molecular weight excluding hydrogens is 347 g/mol. The highest BCUT2D eigenvalue weighted by atomic mass is 19.1. The van der Waals surface area contributed by atoms with Crippen LogP contribution in [0.15, 0.2) is 24.3 Å². The first-order valence-electron chi connectivity index (χ1n) is 10.0. The van der Waals surface area contributed by atoms with E-state index >= 15 is 0 Å². The molecule has 1 spiro atoms. The molecule has 1 aliphatic carbocycles. The molecule has 1 aromatic carbocycles. The lowest BCUT2D eigenvalue weighted by molar-refractivity contribution is -0.204. The molecular formula is C21H27FN2O3. The molecule has 3 fully saturated rings. The number of hydroxylamine groups is 2. The molecule has 2 saturated heterocycles. The van der Waals surface area contributed by atoms with Crippen LogP contribution < -0.4 is 0 Å². The average molecular weight is 374 g/mol. The Morgan fingerprint density at radius 2 is 2.07 bits per heavy atom. The van der Waals surface area contributed by atoms with Gasteiger partial charge in [0, 0.05) is 31.0 Å². The molecule has 2 amide bonds. The molecule has 1 aromatic rings. The van der Waals surface area contributed by atoms with E-state index in [1.54, 1.807) is 17.2 Å². The van der Waals surface area contributed by atoms with E-state index in [-0.39, 0.29) is 35.4 Å². The molecule has 0 unspecified atom stereocenters. The molecule has 5 nitrogen and oxygen atoms in total. The number of benzene rings is 1. The predicted octanol–water partition coefficient (Wildman–Crippen LogP) is 2.94. The normalized spacial score (nSPS) is 28.1. The molecule has 0 N–H and O–H groups in total. The zero-order valence-corrected chi connectivity index (χ0v) is 15.7. The molecule has 2 aliphatic heterocycles. The van der Waals surface area contributed by atoms with Gasteiger partial charge in [0.1, 0.15) is 5.82 Å². The van der Waals surface area contributed by atoms with Crippen molar-refractivity contribution in [3.63, 3.8) is 0 Å². The summed E-state index contributed by atoms with van der Waals surface area (Å²) in [5.74, 6) is -0.250. The summed E-state index contributed by atoms with van der Waals surface area (Å²) < 4.78 is 13.4. The van der Waals surface area contributed by atoms with E-state index < -0.39 is 0 Å². The van der Waals surface area contributed by atoms with E-state index in [0.717, 1.165) is 38.5 Å². The fourth-order valence-corrected chi connectivity index (χ4v) is 5.00. The average Bonchev–Trinajstić information content (AvgIpc) is 3.29. The van der Waals surface area contributed by atoms with Gasteiger partial charge in [-0.2, -0.15) is 0 Å². The van der Waals surface area contributed by atoms with Crippen molar-refractivity contribution in [3.05, 3.63) is 35.6 Å². The number of amides is 2. The van der Waals surface area contributed by atoms with E-state index in [4.69, 9.17) is 4.84 Å². The third kappa shape index (κ3) is 3.72. The molecule has 1 saturated carbocycles. The lowest BCUT2D eigenvalue weighted by atomic mass is 9.76. The molecule has 4 rings (SSSR count). The standard InChI is InChI=1S/C21H27FN2O3/c22-17-6-3-5-16(13-17)14-19(25)23-11-9-21(15-23)8-4-7-18(21)20(26)24-10-1-2-12-27-24/h3,5-6,13,18H,1-2,4,7-12,14-15H2/t18-,21-/m0/s1. The Morgan fingerprint density at radius 1 is 1.19 bits per heavy atom. The summed E-state index contributed by atoms with van der Waals surface area (Å²) in [7, 11) is 0. The van der Waals surface area contributed by atoms with Crippen molar-refractivity contribution >= 4 is 11.8 Å². The highest BCUT2D eigenvalue weighted by molar-refractivity contribution is 5.81. The van der Waals surface area contributed by atoms with Gasteiger partial charge in [0.15, 0.2) is 0 Å². The van der Waals surface area contributed by atoms with Gasteiger partial charge in [0.2, 0.25) is 11.8 Å². The second-order valence-electron chi connectivity index (χ2n) is 8.16. The van der Waals surface area contributed by atoms with Gasteiger partial charge < -0.3 is 4.90 Å². The summed E-state index contributed by atoms with van der Waals surface area (Å²) >= 11 is 0. The third-order valence-electron chi connectivity index (χ3n) is 6.44. The summed E-state index contributed by atoms with van der Waals surface area (Å²) in [6, 6.07) is 6.21. The van der Waals surface area contributed by atoms with Crippen molar-refractivity contribution in [1.29, 1.82) is 0 Å². The van der Waals surface area contributed by atoms with Crippen molar-refractivity contribution in [3.8, 4) is 0 Å².